The summed E-state index contributed by atoms with van der Waals surface area (Å²) in [4.78, 5) is 21.3. The number of carbonyl (C=O) groups is 1. The fourth-order valence-corrected chi connectivity index (χ4v) is 2.94. The minimum Gasteiger partial charge on any atom is -0.348 e. The molecule has 1 aliphatic rings. The summed E-state index contributed by atoms with van der Waals surface area (Å²) in [5.74, 6) is 0.875. The van der Waals surface area contributed by atoms with Crippen LogP contribution in [-0.4, -0.2) is 29.5 Å². The van der Waals surface area contributed by atoms with Gasteiger partial charge in [0.1, 0.15) is 5.82 Å². The highest BCUT2D eigenvalue weighted by Gasteiger charge is 2.35. The molecule has 22 heavy (non-hydrogen) atoms. The highest BCUT2D eigenvalue weighted by Crippen LogP contribution is 2.40. The molecule has 0 aliphatic heterocycles. The van der Waals surface area contributed by atoms with Gasteiger partial charge in [0.15, 0.2) is 0 Å². The lowest BCUT2D eigenvalue weighted by Crippen LogP contribution is -2.40. The third kappa shape index (κ3) is 3.83. The fourth-order valence-electron chi connectivity index (χ4n) is 2.94. The van der Waals surface area contributed by atoms with Gasteiger partial charge in [0.05, 0.1) is 12.6 Å². The average molecular weight is 304 g/mol. The quantitative estimate of drug-likeness (QED) is 0.897. The van der Waals surface area contributed by atoms with Crippen LogP contribution in [0.15, 0.2) is 6.20 Å². The minimum absolute atomic E-state index is 0.00591. The Morgan fingerprint density at radius 1 is 1.41 bits per heavy atom. The van der Waals surface area contributed by atoms with Crippen molar-refractivity contribution in [2.75, 3.05) is 13.6 Å². The topological polar surface area (TPSA) is 66.9 Å². The van der Waals surface area contributed by atoms with Gasteiger partial charge in [-0.2, -0.15) is 0 Å². The van der Waals surface area contributed by atoms with Crippen molar-refractivity contribution in [1.29, 1.82) is 0 Å². The van der Waals surface area contributed by atoms with E-state index in [2.05, 4.69) is 50.2 Å². The first-order valence-electron chi connectivity index (χ1n) is 7.93. The van der Waals surface area contributed by atoms with Crippen LogP contribution < -0.4 is 10.6 Å². The molecular weight excluding hydrogens is 276 g/mol. The molecule has 1 aromatic heterocycles. The summed E-state index contributed by atoms with van der Waals surface area (Å²) in [5.41, 5.74) is 2.19. The molecule has 1 amide bonds. The third-order valence-electron chi connectivity index (χ3n) is 4.02. The molecule has 0 bridgehead atoms. The van der Waals surface area contributed by atoms with Gasteiger partial charge < -0.3 is 10.6 Å². The van der Waals surface area contributed by atoms with Crippen LogP contribution in [0.2, 0.25) is 0 Å². The third-order valence-corrected chi connectivity index (χ3v) is 4.02. The summed E-state index contributed by atoms with van der Waals surface area (Å²) in [5, 5.41) is 6.00. The Morgan fingerprint density at radius 2 is 2.09 bits per heavy atom. The van der Waals surface area contributed by atoms with Crippen LogP contribution in [0.3, 0.4) is 0 Å². The lowest BCUT2D eigenvalue weighted by atomic mass is 9.74. The van der Waals surface area contributed by atoms with Crippen molar-refractivity contribution in [3.05, 3.63) is 23.3 Å². The van der Waals surface area contributed by atoms with Crippen LogP contribution in [-0.2, 0) is 16.6 Å². The van der Waals surface area contributed by atoms with Crippen LogP contribution >= 0.6 is 0 Å². The van der Waals surface area contributed by atoms with Gasteiger partial charge in [0, 0.05) is 22.9 Å². The molecule has 0 unspecified atom stereocenters. The normalized spacial score (nSPS) is 20.4. The average Bonchev–Trinajstić information content (AvgIpc) is 2.35. The summed E-state index contributed by atoms with van der Waals surface area (Å²) in [6.07, 6.45) is 3.74. The number of likely N-dealkylation sites (N-methyl/N-ethyl adjacent to an activating group) is 1. The molecule has 0 saturated carbocycles. The van der Waals surface area contributed by atoms with Gasteiger partial charge in [-0.05, 0) is 25.3 Å². The molecule has 1 aromatic rings. The Labute approximate surface area is 133 Å². The van der Waals surface area contributed by atoms with Crippen molar-refractivity contribution in [2.45, 2.75) is 58.9 Å². The van der Waals surface area contributed by atoms with E-state index < -0.39 is 0 Å². The Balaban J connectivity index is 2.34. The smallest absolute Gasteiger partial charge is 0.234 e. The molecule has 0 saturated heterocycles. The molecular formula is C17H28N4O. The Hall–Kier alpha value is -1.49. The van der Waals surface area contributed by atoms with E-state index in [-0.39, 0.29) is 22.8 Å². The number of carbonyl (C=O) groups excluding carboxylic acids is 1. The number of amides is 1. The van der Waals surface area contributed by atoms with Crippen molar-refractivity contribution in [3.8, 4) is 0 Å². The zero-order chi connectivity index (χ0) is 16.5. The summed E-state index contributed by atoms with van der Waals surface area (Å²) in [6, 6.07) is -0.00591. The summed E-state index contributed by atoms with van der Waals surface area (Å²) >= 11 is 0. The Kier molecular flexibility index (Phi) is 4.57. The first-order valence-corrected chi connectivity index (χ1v) is 7.93. The molecule has 5 nitrogen and oxygen atoms in total. The van der Waals surface area contributed by atoms with E-state index in [4.69, 9.17) is 4.98 Å². The largest absolute Gasteiger partial charge is 0.348 e. The summed E-state index contributed by atoms with van der Waals surface area (Å²) in [7, 11) is 1.77. The molecule has 2 N–H and O–H groups in total. The van der Waals surface area contributed by atoms with Crippen LogP contribution in [0.25, 0.3) is 0 Å². The highest BCUT2D eigenvalue weighted by molar-refractivity contribution is 5.78. The fraction of sp³-hybridized carbons (Fsp3) is 0.706. The van der Waals surface area contributed by atoms with Crippen molar-refractivity contribution < 1.29 is 4.79 Å². The molecule has 5 heteroatoms. The number of nitrogens with one attached hydrogen (secondary N) is 2. The molecule has 0 spiro atoms. The van der Waals surface area contributed by atoms with E-state index in [0.29, 0.717) is 6.54 Å². The van der Waals surface area contributed by atoms with Crippen molar-refractivity contribution >= 4 is 5.91 Å². The van der Waals surface area contributed by atoms with Gasteiger partial charge in [0.25, 0.3) is 0 Å². The van der Waals surface area contributed by atoms with E-state index in [1.165, 1.54) is 0 Å². The lowest BCUT2D eigenvalue weighted by Gasteiger charge is -2.37. The second-order valence-corrected chi connectivity index (χ2v) is 8.04. The summed E-state index contributed by atoms with van der Waals surface area (Å²) in [6.45, 7) is 11.1. The maximum absolute atomic E-state index is 11.9. The number of hydrogen-bond acceptors (Lipinski definition) is 4. The monoisotopic (exact) mass is 304 g/mol. The molecule has 0 aromatic carbocycles. The second-order valence-electron chi connectivity index (χ2n) is 8.04. The van der Waals surface area contributed by atoms with Crippen LogP contribution in [0, 0.1) is 5.41 Å². The van der Waals surface area contributed by atoms with E-state index in [9.17, 15) is 4.79 Å². The van der Waals surface area contributed by atoms with Crippen LogP contribution in [0.4, 0.5) is 0 Å². The lowest BCUT2D eigenvalue weighted by molar-refractivity contribution is -0.121. The maximum Gasteiger partial charge on any atom is 0.234 e. The van der Waals surface area contributed by atoms with Crippen LogP contribution in [0.5, 0.6) is 0 Å². The standard InChI is InChI=1S/C17H28N4O/c1-16(2,3)15-19-9-11-12(20-14(22)10-18-6)7-17(4,5)8-13(11)21-15/h9,12,18H,7-8,10H2,1-6H3,(H,20,22)/t12-/m0/s1. The van der Waals surface area contributed by atoms with Crippen molar-refractivity contribution in [1.82, 2.24) is 20.6 Å². The van der Waals surface area contributed by atoms with Crippen molar-refractivity contribution in [3.63, 3.8) is 0 Å². The first-order chi connectivity index (χ1) is 10.1. The number of fused-ring (bicyclic) bond motifs is 1. The van der Waals surface area contributed by atoms with Gasteiger partial charge in [-0.3, -0.25) is 4.79 Å². The maximum atomic E-state index is 11.9. The number of aromatic nitrogens is 2. The zero-order valence-corrected chi connectivity index (χ0v) is 14.6. The Bertz CT molecular complexity index is 560. The van der Waals surface area contributed by atoms with Gasteiger partial charge in [-0.25, -0.2) is 9.97 Å². The molecule has 1 heterocycles. The number of nitrogens with zero attached hydrogens (tertiary/aromatic N) is 2. The Morgan fingerprint density at radius 3 is 2.68 bits per heavy atom. The summed E-state index contributed by atoms with van der Waals surface area (Å²) < 4.78 is 0. The zero-order valence-electron chi connectivity index (χ0n) is 14.6. The number of hydrogen-bond donors (Lipinski definition) is 2. The molecule has 1 atom stereocenters. The molecule has 1 aliphatic carbocycles. The molecule has 0 fully saturated rings. The van der Waals surface area contributed by atoms with E-state index in [0.717, 1.165) is 29.9 Å². The molecule has 2 rings (SSSR count). The first kappa shape index (κ1) is 16.9. The van der Waals surface area contributed by atoms with Gasteiger partial charge >= 0.3 is 0 Å². The van der Waals surface area contributed by atoms with E-state index >= 15 is 0 Å². The van der Waals surface area contributed by atoms with Crippen LogP contribution in [0.1, 0.15) is 64.2 Å². The minimum atomic E-state index is -0.0680. The predicted molar refractivity (Wildman–Crippen MR) is 87.6 cm³/mol. The highest BCUT2D eigenvalue weighted by atomic mass is 16.1. The van der Waals surface area contributed by atoms with E-state index in [1.54, 1.807) is 7.05 Å². The van der Waals surface area contributed by atoms with Gasteiger partial charge in [-0.1, -0.05) is 34.6 Å². The number of rotatable bonds is 3. The van der Waals surface area contributed by atoms with Gasteiger partial charge in [0.2, 0.25) is 5.91 Å². The second kappa shape index (κ2) is 5.95. The molecule has 0 radical (unpaired) electrons. The van der Waals surface area contributed by atoms with Crippen molar-refractivity contribution in [2.24, 2.45) is 5.41 Å². The van der Waals surface area contributed by atoms with Gasteiger partial charge in [-0.15, -0.1) is 0 Å². The predicted octanol–water partition coefficient (Wildman–Crippen LogP) is 2.12. The SMILES string of the molecule is CNCC(=O)N[C@H]1CC(C)(C)Cc2nc(C(C)(C)C)ncc21. The van der Waals surface area contributed by atoms with E-state index in [1.807, 2.05) is 6.20 Å². The molecule has 122 valence electrons.